The lowest BCUT2D eigenvalue weighted by atomic mass is 10.3. The van der Waals surface area contributed by atoms with Crippen molar-refractivity contribution in [1.29, 1.82) is 0 Å². The third kappa shape index (κ3) is 1.90. The lowest BCUT2D eigenvalue weighted by Crippen LogP contribution is -2.01. The second-order valence-corrected chi connectivity index (χ2v) is 3.55. The molecule has 1 aromatic carbocycles. The molecule has 0 radical (unpaired) electrons. The number of hydrogen-bond donors (Lipinski definition) is 2. The molecule has 3 rings (SSSR count). The summed E-state index contributed by atoms with van der Waals surface area (Å²) in [6.07, 6.45) is 5.33. The normalized spacial score (nSPS) is 10.4. The Labute approximate surface area is 98.1 Å². The highest BCUT2D eigenvalue weighted by Gasteiger charge is 2.05. The van der Waals surface area contributed by atoms with Crippen LogP contribution in [0.4, 0.5) is 11.6 Å². The average Bonchev–Trinajstić information content (AvgIpc) is 3.00. The molecule has 0 unspecified atom stereocenters. The van der Waals surface area contributed by atoms with Gasteiger partial charge < -0.3 is 5.32 Å². The van der Waals surface area contributed by atoms with Gasteiger partial charge in [0.25, 0.3) is 0 Å². The third-order valence-corrected chi connectivity index (χ3v) is 2.42. The number of aromatic nitrogens is 4. The number of imidazole rings is 1. The van der Waals surface area contributed by atoms with E-state index >= 15 is 0 Å². The van der Waals surface area contributed by atoms with Crippen molar-refractivity contribution in [3.05, 3.63) is 55.0 Å². The zero-order valence-corrected chi connectivity index (χ0v) is 9.04. The van der Waals surface area contributed by atoms with Crippen molar-refractivity contribution in [2.45, 2.75) is 0 Å². The topological polar surface area (TPSA) is 58.5 Å². The van der Waals surface area contributed by atoms with Gasteiger partial charge in [-0.15, -0.1) is 0 Å². The molecular weight excluding hydrogens is 214 g/mol. The van der Waals surface area contributed by atoms with Gasteiger partial charge in [0.1, 0.15) is 5.82 Å². The predicted molar refractivity (Wildman–Crippen MR) is 65.4 cm³/mol. The molecule has 5 nitrogen and oxygen atoms in total. The van der Waals surface area contributed by atoms with E-state index in [-0.39, 0.29) is 0 Å². The molecule has 0 fully saturated rings. The van der Waals surface area contributed by atoms with Gasteiger partial charge in [0.2, 0.25) is 5.95 Å². The van der Waals surface area contributed by atoms with E-state index in [2.05, 4.69) is 20.5 Å². The molecule has 0 saturated heterocycles. The molecular formula is C12H11N5. The summed E-state index contributed by atoms with van der Waals surface area (Å²) in [4.78, 5) is 4.27. The van der Waals surface area contributed by atoms with E-state index < -0.39 is 0 Å². The van der Waals surface area contributed by atoms with Gasteiger partial charge in [0, 0.05) is 24.1 Å². The Balaban J connectivity index is 1.92. The molecule has 0 atom stereocenters. The van der Waals surface area contributed by atoms with E-state index in [0.717, 1.165) is 17.5 Å². The van der Waals surface area contributed by atoms with Crippen molar-refractivity contribution in [1.82, 2.24) is 19.7 Å². The molecule has 0 bridgehead atoms. The van der Waals surface area contributed by atoms with Crippen LogP contribution in [0.5, 0.6) is 0 Å². The lowest BCUT2D eigenvalue weighted by molar-refractivity contribution is 0.962. The predicted octanol–water partition coefficient (Wildman–Crippen LogP) is 2.34. The third-order valence-electron chi connectivity index (χ3n) is 2.42. The molecule has 2 N–H and O–H groups in total. The zero-order chi connectivity index (χ0) is 11.5. The van der Waals surface area contributed by atoms with E-state index in [9.17, 15) is 0 Å². The van der Waals surface area contributed by atoms with Crippen molar-refractivity contribution in [3.63, 3.8) is 0 Å². The van der Waals surface area contributed by atoms with Crippen LogP contribution in [0.2, 0.25) is 0 Å². The second kappa shape index (κ2) is 4.13. The molecule has 0 amide bonds. The quantitative estimate of drug-likeness (QED) is 0.719. The Bertz CT molecular complexity index is 582. The van der Waals surface area contributed by atoms with Gasteiger partial charge in [0.15, 0.2) is 0 Å². The van der Waals surface area contributed by atoms with Crippen molar-refractivity contribution in [2.24, 2.45) is 0 Å². The van der Waals surface area contributed by atoms with Gasteiger partial charge in [-0.05, 0) is 12.1 Å². The van der Waals surface area contributed by atoms with Crippen LogP contribution in [0, 0.1) is 0 Å². The maximum Gasteiger partial charge on any atom is 0.213 e. The summed E-state index contributed by atoms with van der Waals surface area (Å²) in [7, 11) is 0. The van der Waals surface area contributed by atoms with E-state index in [1.165, 1.54) is 0 Å². The van der Waals surface area contributed by atoms with E-state index in [1.807, 2.05) is 47.2 Å². The van der Waals surface area contributed by atoms with Gasteiger partial charge in [-0.2, -0.15) is 5.10 Å². The molecule has 84 valence electrons. The highest BCUT2D eigenvalue weighted by Crippen LogP contribution is 2.16. The van der Waals surface area contributed by atoms with Crippen molar-refractivity contribution in [3.8, 4) is 5.82 Å². The Morgan fingerprint density at radius 3 is 2.71 bits per heavy atom. The molecule has 0 spiro atoms. The summed E-state index contributed by atoms with van der Waals surface area (Å²) in [6.45, 7) is 0. The Kier molecular flexibility index (Phi) is 2.34. The maximum absolute atomic E-state index is 4.27. The van der Waals surface area contributed by atoms with Crippen LogP contribution in [0.25, 0.3) is 5.82 Å². The summed E-state index contributed by atoms with van der Waals surface area (Å²) in [5.41, 5.74) is 1.000. The van der Waals surface area contributed by atoms with Crippen molar-refractivity contribution < 1.29 is 0 Å². The summed E-state index contributed by atoms with van der Waals surface area (Å²) in [6, 6.07) is 11.8. The van der Waals surface area contributed by atoms with Crippen LogP contribution in [0.1, 0.15) is 0 Å². The molecule has 3 aromatic rings. The smallest absolute Gasteiger partial charge is 0.213 e. The van der Waals surface area contributed by atoms with E-state index in [0.29, 0.717) is 0 Å². The minimum atomic E-state index is 0.750. The van der Waals surface area contributed by atoms with E-state index in [4.69, 9.17) is 0 Å². The highest BCUT2D eigenvalue weighted by molar-refractivity contribution is 5.54. The zero-order valence-electron chi connectivity index (χ0n) is 9.04. The summed E-state index contributed by atoms with van der Waals surface area (Å²) in [5.74, 6) is 1.63. The Morgan fingerprint density at radius 2 is 1.94 bits per heavy atom. The number of hydrogen-bond acceptors (Lipinski definition) is 3. The van der Waals surface area contributed by atoms with Crippen LogP contribution in [-0.2, 0) is 0 Å². The van der Waals surface area contributed by atoms with Crippen molar-refractivity contribution >= 4 is 11.6 Å². The summed E-state index contributed by atoms with van der Waals surface area (Å²) < 4.78 is 1.90. The lowest BCUT2D eigenvalue weighted by Gasteiger charge is -2.07. The first-order chi connectivity index (χ1) is 8.43. The molecule has 2 aromatic heterocycles. The van der Waals surface area contributed by atoms with Crippen LogP contribution in [-0.4, -0.2) is 19.7 Å². The number of H-pyrrole nitrogens is 1. The fourth-order valence-corrected chi connectivity index (χ4v) is 1.62. The van der Waals surface area contributed by atoms with Gasteiger partial charge >= 0.3 is 0 Å². The summed E-state index contributed by atoms with van der Waals surface area (Å²) >= 11 is 0. The van der Waals surface area contributed by atoms with Crippen molar-refractivity contribution in [2.75, 3.05) is 5.32 Å². The molecule has 0 aliphatic heterocycles. The van der Waals surface area contributed by atoms with Crippen LogP contribution >= 0.6 is 0 Å². The first-order valence-corrected chi connectivity index (χ1v) is 5.29. The van der Waals surface area contributed by atoms with Crippen LogP contribution < -0.4 is 5.32 Å². The Morgan fingerprint density at radius 1 is 1.06 bits per heavy atom. The first kappa shape index (κ1) is 9.65. The number of nitrogens with zero attached hydrogens (tertiary/aromatic N) is 3. The number of para-hydroxylation sites is 1. The second-order valence-electron chi connectivity index (χ2n) is 3.55. The standard InChI is InChI=1S/C12H11N5/c1-2-4-10(5-3-1)15-12-13-8-9-17(12)11-6-7-14-16-11/h1-9H,(H,13,15)(H,14,16). The molecule has 0 aliphatic rings. The van der Waals surface area contributed by atoms with Crippen LogP contribution in [0.15, 0.2) is 55.0 Å². The number of benzene rings is 1. The molecule has 0 saturated carbocycles. The largest absolute Gasteiger partial charge is 0.325 e. The number of nitrogens with one attached hydrogen (secondary N) is 2. The van der Waals surface area contributed by atoms with Gasteiger partial charge in [-0.3, -0.25) is 9.67 Å². The molecule has 17 heavy (non-hydrogen) atoms. The summed E-state index contributed by atoms with van der Waals surface area (Å²) in [5, 5.41) is 10.1. The minimum Gasteiger partial charge on any atom is -0.325 e. The maximum atomic E-state index is 4.27. The SMILES string of the molecule is c1ccc(Nc2nccn2-c2ccn[nH]2)cc1. The molecule has 0 aliphatic carbocycles. The van der Waals surface area contributed by atoms with Gasteiger partial charge in [0.05, 0.1) is 6.20 Å². The van der Waals surface area contributed by atoms with Gasteiger partial charge in [-0.1, -0.05) is 18.2 Å². The fourth-order valence-electron chi connectivity index (χ4n) is 1.62. The fraction of sp³-hybridized carbons (Fsp3) is 0. The first-order valence-electron chi connectivity index (χ1n) is 5.29. The molecule has 2 heterocycles. The van der Waals surface area contributed by atoms with Gasteiger partial charge in [-0.25, -0.2) is 4.98 Å². The number of anilines is 2. The highest BCUT2D eigenvalue weighted by atomic mass is 15.3. The monoisotopic (exact) mass is 225 g/mol. The molecule has 5 heteroatoms. The van der Waals surface area contributed by atoms with E-state index in [1.54, 1.807) is 12.4 Å². The minimum absolute atomic E-state index is 0.750. The van der Waals surface area contributed by atoms with Crippen LogP contribution in [0.3, 0.4) is 0 Å². The Hall–Kier alpha value is -2.56. The average molecular weight is 225 g/mol. The number of aromatic amines is 1. The number of rotatable bonds is 3.